The minimum absolute atomic E-state index is 0.0761. The number of furan rings is 1. The average Bonchev–Trinajstić information content (AvgIpc) is 2.94. The standard InChI is InChI=1S/C16H19NO2/c1-10-7-8-12(9-10)17-16(18)15-11(2)13-5-3-4-6-14(13)19-15/h3-6,10,12H,7-9H2,1-2H3,(H,17,18). The van der Waals surface area contributed by atoms with Crippen LogP contribution in [0.2, 0.25) is 0 Å². The molecule has 3 nitrogen and oxygen atoms in total. The van der Waals surface area contributed by atoms with E-state index in [1.165, 1.54) is 6.42 Å². The molecule has 0 spiro atoms. The summed E-state index contributed by atoms with van der Waals surface area (Å²) < 4.78 is 5.69. The SMILES string of the molecule is Cc1c(C(=O)NC2CCC(C)C2)oc2ccccc12. The summed E-state index contributed by atoms with van der Waals surface area (Å²) in [5.41, 5.74) is 1.71. The molecule has 1 aliphatic rings. The van der Waals surface area contributed by atoms with E-state index in [4.69, 9.17) is 4.42 Å². The molecule has 1 aromatic heterocycles. The molecule has 2 aromatic rings. The first-order valence-corrected chi connectivity index (χ1v) is 6.94. The molecular formula is C16H19NO2. The Morgan fingerprint density at radius 3 is 2.79 bits per heavy atom. The molecule has 2 unspecified atom stereocenters. The lowest BCUT2D eigenvalue weighted by Crippen LogP contribution is -2.33. The number of benzene rings is 1. The molecule has 0 aliphatic heterocycles. The number of carbonyl (C=O) groups is 1. The number of hydrogen-bond donors (Lipinski definition) is 1. The van der Waals surface area contributed by atoms with Gasteiger partial charge in [0.05, 0.1) is 0 Å². The van der Waals surface area contributed by atoms with Gasteiger partial charge in [-0.15, -0.1) is 0 Å². The fraction of sp³-hybridized carbons (Fsp3) is 0.438. The molecule has 3 rings (SSSR count). The van der Waals surface area contributed by atoms with Crippen molar-refractivity contribution in [3.8, 4) is 0 Å². The number of aryl methyl sites for hydroxylation is 1. The summed E-state index contributed by atoms with van der Waals surface area (Å²) in [6, 6.07) is 8.07. The van der Waals surface area contributed by atoms with Gasteiger partial charge in [0, 0.05) is 17.0 Å². The zero-order chi connectivity index (χ0) is 13.4. The van der Waals surface area contributed by atoms with Crippen LogP contribution in [0.1, 0.15) is 42.3 Å². The van der Waals surface area contributed by atoms with Crippen molar-refractivity contribution >= 4 is 16.9 Å². The lowest BCUT2D eigenvalue weighted by atomic mass is 10.1. The lowest BCUT2D eigenvalue weighted by Gasteiger charge is -2.11. The fourth-order valence-corrected chi connectivity index (χ4v) is 2.98. The Bertz CT molecular complexity index is 614. The Morgan fingerprint density at radius 2 is 2.11 bits per heavy atom. The molecule has 0 bridgehead atoms. The van der Waals surface area contributed by atoms with Gasteiger partial charge in [-0.25, -0.2) is 0 Å². The summed E-state index contributed by atoms with van der Waals surface area (Å²) in [6.07, 6.45) is 3.35. The Balaban J connectivity index is 1.83. The quantitative estimate of drug-likeness (QED) is 0.892. The molecule has 1 N–H and O–H groups in total. The second kappa shape index (κ2) is 4.72. The maximum atomic E-state index is 12.3. The van der Waals surface area contributed by atoms with Crippen molar-refractivity contribution in [1.82, 2.24) is 5.32 Å². The first-order chi connectivity index (χ1) is 9.15. The van der Waals surface area contributed by atoms with Gasteiger partial charge < -0.3 is 9.73 Å². The van der Waals surface area contributed by atoms with Crippen molar-refractivity contribution in [3.05, 3.63) is 35.6 Å². The second-order valence-corrected chi connectivity index (χ2v) is 5.64. The highest BCUT2D eigenvalue weighted by molar-refractivity contribution is 5.99. The van der Waals surface area contributed by atoms with E-state index in [0.717, 1.165) is 29.4 Å². The first kappa shape index (κ1) is 12.3. The number of carbonyl (C=O) groups excluding carboxylic acids is 1. The summed E-state index contributed by atoms with van der Waals surface area (Å²) in [5.74, 6) is 1.09. The second-order valence-electron chi connectivity index (χ2n) is 5.64. The van der Waals surface area contributed by atoms with Crippen molar-refractivity contribution in [3.63, 3.8) is 0 Å². The number of fused-ring (bicyclic) bond motifs is 1. The Hall–Kier alpha value is -1.77. The average molecular weight is 257 g/mol. The molecular weight excluding hydrogens is 238 g/mol. The Morgan fingerprint density at radius 1 is 1.32 bits per heavy atom. The number of hydrogen-bond acceptors (Lipinski definition) is 2. The largest absolute Gasteiger partial charge is 0.451 e. The molecule has 0 saturated heterocycles. The molecule has 0 radical (unpaired) electrons. The van der Waals surface area contributed by atoms with Gasteiger partial charge in [0.15, 0.2) is 5.76 Å². The minimum Gasteiger partial charge on any atom is -0.451 e. The molecule has 1 amide bonds. The van der Waals surface area contributed by atoms with Crippen LogP contribution in [0.4, 0.5) is 0 Å². The van der Waals surface area contributed by atoms with Crippen LogP contribution >= 0.6 is 0 Å². The van der Waals surface area contributed by atoms with E-state index in [2.05, 4.69) is 12.2 Å². The zero-order valence-electron chi connectivity index (χ0n) is 11.4. The van der Waals surface area contributed by atoms with Crippen molar-refractivity contribution in [2.75, 3.05) is 0 Å². The predicted molar refractivity (Wildman–Crippen MR) is 75.2 cm³/mol. The molecule has 2 atom stereocenters. The number of rotatable bonds is 2. The molecule has 1 heterocycles. The highest BCUT2D eigenvalue weighted by Crippen LogP contribution is 2.27. The third kappa shape index (κ3) is 2.25. The van der Waals surface area contributed by atoms with Crippen molar-refractivity contribution in [1.29, 1.82) is 0 Å². The molecule has 100 valence electrons. The van der Waals surface area contributed by atoms with Crippen LogP contribution in [0, 0.1) is 12.8 Å². The molecule has 3 heteroatoms. The smallest absolute Gasteiger partial charge is 0.287 e. The monoisotopic (exact) mass is 257 g/mol. The van der Waals surface area contributed by atoms with Crippen molar-refractivity contribution in [2.24, 2.45) is 5.92 Å². The van der Waals surface area contributed by atoms with E-state index >= 15 is 0 Å². The highest BCUT2D eigenvalue weighted by atomic mass is 16.3. The van der Waals surface area contributed by atoms with E-state index in [0.29, 0.717) is 17.7 Å². The first-order valence-electron chi connectivity index (χ1n) is 6.94. The summed E-state index contributed by atoms with van der Waals surface area (Å²) in [4.78, 5) is 12.3. The van der Waals surface area contributed by atoms with E-state index in [-0.39, 0.29) is 5.91 Å². The van der Waals surface area contributed by atoms with E-state index in [9.17, 15) is 4.79 Å². The molecule has 1 fully saturated rings. The van der Waals surface area contributed by atoms with E-state index in [1.807, 2.05) is 31.2 Å². The maximum absolute atomic E-state index is 12.3. The zero-order valence-corrected chi connectivity index (χ0v) is 11.4. The highest BCUT2D eigenvalue weighted by Gasteiger charge is 2.25. The molecule has 19 heavy (non-hydrogen) atoms. The normalized spacial score (nSPS) is 22.8. The number of amides is 1. The fourth-order valence-electron chi connectivity index (χ4n) is 2.98. The number of nitrogens with one attached hydrogen (secondary N) is 1. The van der Waals surface area contributed by atoms with Crippen LogP contribution in [0.5, 0.6) is 0 Å². The van der Waals surface area contributed by atoms with Gasteiger partial charge in [0.25, 0.3) is 5.91 Å². The summed E-state index contributed by atoms with van der Waals surface area (Å²) in [5, 5.41) is 4.12. The van der Waals surface area contributed by atoms with Crippen LogP contribution in [-0.2, 0) is 0 Å². The van der Waals surface area contributed by atoms with E-state index in [1.54, 1.807) is 0 Å². The molecule has 1 aromatic carbocycles. The van der Waals surface area contributed by atoms with Crippen LogP contribution in [0.15, 0.2) is 28.7 Å². The molecule has 1 saturated carbocycles. The van der Waals surface area contributed by atoms with Crippen LogP contribution < -0.4 is 5.32 Å². The maximum Gasteiger partial charge on any atom is 0.287 e. The summed E-state index contributed by atoms with van der Waals surface area (Å²) >= 11 is 0. The Kier molecular flexibility index (Phi) is 3.05. The van der Waals surface area contributed by atoms with Crippen molar-refractivity contribution < 1.29 is 9.21 Å². The third-order valence-corrected chi connectivity index (χ3v) is 4.08. The predicted octanol–water partition coefficient (Wildman–Crippen LogP) is 3.66. The number of para-hydroxylation sites is 1. The van der Waals surface area contributed by atoms with Crippen LogP contribution in [0.3, 0.4) is 0 Å². The topological polar surface area (TPSA) is 42.2 Å². The van der Waals surface area contributed by atoms with Crippen molar-refractivity contribution in [2.45, 2.75) is 39.2 Å². The van der Waals surface area contributed by atoms with Gasteiger partial charge in [-0.1, -0.05) is 25.1 Å². The van der Waals surface area contributed by atoms with Gasteiger partial charge >= 0.3 is 0 Å². The third-order valence-electron chi connectivity index (χ3n) is 4.08. The molecule has 1 aliphatic carbocycles. The summed E-state index contributed by atoms with van der Waals surface area (Å²) in [6.45, 7) is 4.18. The van der Waals surface area contributed by atoms with Gasteiger partial charge in [-0.2, -0.15) is 0 Å². The van der Waals surface area contributed by atoms with Gasteiger partial charge in [0.1, 0.15) is 5.58 Å². The van der Waals surface area contributed by atoms with E-state index < -0.39 is 0 Å². The minimum atomic E-state index is -0.0761. The lowest BCUT2D eigenvalue weighted by molar-refractivity contribution is 0.0910. The Labute approximate surface area is 113 Å². The van der Waals surface area contributed by atoms with Gasteiger partial charge in [0.2, 0.25) is 0 Å². The summed E-state index contributed by atoms with van der Waals surface area (Å²) in [7, 11) is 0. The van der Waals surface area contributed by atoms with Gasteiger partial charge in [-0.3, -0.25) is 4.79 Å². The van der Waals surface area contributed by atoms with Crippen LogP contribution in [-0.4, -0.2) is 11.9 Å². The van der Waals surface area contributed by atoms with Crippen LogP contribution in [0.25, 0.3) is 11.0 Å². The van der Waals surface area contributed by atoms with Gasteiger partial charge in [-0.05, 0) is 38.2 Å².